The predicted molar refractivity (Wildman–Crippen MR) is 122 cm³/mol. The Bertz CT molecular complexity index is 995. The lowest BCUT2D eigenvalue weighted by Gasteiger charge is -2.21. The van der Waals surface area contributed by atoms with Crippen molar-refractivity contribution in [2.75, 3.05) is 20.6 Å². The van der Waals surface area contributed by atoms with E-state index in [9.17, 15) is 4.79 Å². The maximum absolute atomic E-state index is 13.0. The van der Waals surface area contributed by atoms with Crippen molar-refractivity contribution in [3.05, 3.63) is 87.7 Å². The summed E-state index contributed by atoms with van der Waals surface area (Å²) in [6.07, 6.45) is 0.811. The number of nitrogens with zero attached hydrogens (tertiary/aromatic N) is 3. The van der Waals surface area contributed by atoms with E-state index in [-0.39, 0.29) is 11.9 Å². The molecule has 5 nitrogen and oxygen atoms in total. The van der Waals surface area contributed by atoms with Crippen molar-refractivity contribution in [1.29, 1.82) is 0 Å². The van der Waals surface area contributed by atoms with Gasteiger partial charge >= 0.3 is 0 Å². The molecule has 0 fully saturated rings. The molecule has 30 heavy (non-hydrogen) atoms. The summed E-state index contributed by atoms with van der Waals surface area (Å²) in [5, 5.41) is 8.40. The summed E-state index contributed by atoms with van der Waals surface area (Å²) in [4.78, 5) is 15.2. The zero-order chi connectivity index (χ0) is 21.7. The Labute approximate surface area is 183 Å². The van der Waals surface area contributed by atoms with Crippen molar-refractivity contribution in [1.82, 2.24) is 20.0 Å². The van der Waals surface area contributed by atoms with E-state index in [1.54, 1.807) is 0 Å². The topological polar surface area (TPSA) is 50.2 Å². The monoisotopic (exact) mass is 424 g/mol. The van der Waals surface area contributed by atoms with Crippen LogP contribution in [-0.4, -0.2) is 41.2 Å². The molecule has 0 spiro atoms. The van der Waals surface area contributed by atoms with Crippen LogP contribution in [0, 0.1) is 13.8 Å². The first-order valence-corrected chi connectivity index (χ1v) is 10.5. The Balaban J connectivity index is 1.76. The van der Waals surface area contributed by atoms with E-state index < -0.39 is 0 Å². The maximum Gasteiger partial charge on any atom is 0.251 e. The number of aryl methyl sites for hydroxylation is 2. The molecule has 0 aliphatic heterocycles. The first kappa shape index (κ1) is 22.1. The van der Waals surface area contributed by atoms with Gasteiger partial charge in [-0.2, -0.15) is 5.10 Å². The second kappa shape index (κ2) is 9.92. The molecular formula is C24H29ClN4O. The van der Waals surface area contributed by atoms with Crippen molar-refractivity contribution in [3.8, 4) is 0 Å². The van der Waals surface area contributed by atoms with Gasteiger partial charge in [0.15, 0.2) is 0 Å². The van der Waals surface area contributed by atoms with E-state index in [1.807, 2.05) is 81.2 Å². The number of aromatic nitrogens is 2. The first-order chi connectivity index (χ1) is 14.3. The highest BCUT2D eigenvalue weighted by atomic mass is 35.5. The molecule has 0 saturated heterocycles. The van der Waals surface area contributed by atoms with Gasteiger partial charge in [0.05, 0.1) is 18.3 Å². The van der Waals surface area contributed by atoms with Gasteiger partial charge in [0.25, 0.3) is 5.91 Å². The fourth-order valence-electron chi connectivity index (χ4n) is 3.47. The average Bonchev–Trinajstić information content (AvgIpc) is 3.02. The standard InChI is InChI=1S/C24H29ClN4O/c1-17-14-18(2)29(27-17)16-19-6-5-7-21(15-19)24(30)26-23(12-13-28(3)4)20-8-10-22(25)11-9-20/h5-11,14-15,23H,12-13,16H2,1-4H3,(H,26,30). The molecule has 1 heterocycles. The highest BCUT2D eigenvalue weighted by molar-refractivity contribution is 6.30. The summed E-state index contributed by atoms with van der Waals surface area (Å²) in [5.41, 5.74) is 4.85. The van der Waals surface area contributed by atoms with Gasteiger partial charge in [-0.05, 0) is 82.4 Å². The molecule has 0 saturated carbocycles. The summed E-state index contributed by atoms with van der Waals surface area (Å²) in [6, 6.07) is 17.4. The van der Waals surface area contributed by atoms with Crippen LogP contribution in [0.3, 0.4) is 0 Å². The van der Waals surface area contributed by atoms with Crippen molar-refractivity contribution in [2.45, 2.75) is 32.9 Å². The lowest BCUT2D eigenvalue weighted by atomic mass is 10.0. The van der Waals surface area contributed by atoms with Crippen LogP contribution in [0.15, 0.2) is 54.6 Å². The van der Waals surface area contributed by atoms with E-state index in [4.69, 9.17) is 11.6 Å². The Morgan fingerprint density at radius 1 is 1.13 bits per heavy atom. The second-order valence-corrected chi connectivity index (χ2v) is 8.39. The van der Waals surface area contributed by atoms with Crippen molar-refractivity contribution in [3.63, 3.8) is 0 Å². The number of amides is 1. The maximum atomic E-state index is 13.0. The third-order valence-electron chi connectivity index (χ3n) is 5.07. The Hall–Kier alpha value is -2.63. The van der Waals surface area contributed by atoms with Crippen LogP contribution in [0.2, 0.25) is 5.02 Å². The third-order valence-corrected chi connectivity index (χ3v) is 5.32. The lowest BCUT2D eigenvalue weighted by molar-refractivity contribution is 0.0932. The number of hydrogen-bond acceptors (Lipinski definition) is 3. The van der Waals surface area contributed by atoms with Gasteiger partial charge in [0.2, 0.25) is 0 Å². The zero-order valence-corrected chi connectivity index (χ0v) is 18.8. The molecule has 1 aromatic heterocycles. The molecule has 2 aromatic carbocycles. The van der Waals surface area contributed by atoms with Crippen LogP contribution >= 0.6 is 11.6 Å². The molecule has 0 radical (unpaired) electrons. The third kappa shape index (κ3) is 5.94. The Morgan fingerprint density at radius 2 is 1.87 bits per heavy atom. The number of carbonyl (C=O) groups is 1. The van der Waals surface area contributed by atoms with Crippen LogP contribution in [0.25, 0.3) is 0 Å². The highest BCUT2D eigenvalue weighted by Crippen LogP contribution is 2.21. The van der Waals surface area contributed by atoms with Crippen LogP contribution in [-0.2, 0) is 6.54 Å². The largest absolute Gasteiger partial charge is 0.345 e. The minimum Gasteiger partial charge on any atom is -0.345 e. The number of rotatable bonds is 8. The first-order valence-electron chi connectivity index (χ1n) is 10.1. The van der Waals surface area contributed by atoms with Gasteiger partial charge in [0, 0.05) is 16.3 Å². The summed E-state index contributed by atoms with van der Waals surface area (Å²) >= 11 is 6.04. The minimum absolute atomic E-state index is 0.0797. The molecule has 1 atom stereocenters. The van der Waals surface area contributed by atoms with Crippen LogP contribution in [0.4, 0.5) is 0 Å². The molecule has 1 N–H and O–H groups in total. The van der Waals surface area contributed by atoms with Crippen molar-refractivity contribution < 1.29 is 4.79 Å². The molecular weight excluding hydrogens is 396 g/mol. The smallest absolute Gasteiger partial charge is 0.251 e. The molecule has 0 aliphatic carbocycles. The molecule has 1 amide bonds. The fourth-order valence-corrected chi connectivity index (χ4v) is 3.59. The zero-order valence-electron chi connectivity index (χ0n) is 18.0. The quantitative estimate of drug-likeness (QED) is 0.573. The van der Waals surface area contributed by atoms with Gasteiger partial charge in [-0.15, -0.1) is 0 Å². The molecule has 158 valence electrons. The SMILES string of the molecule is Cc1cc(C)n(Cc2cccc(C(=O)NC(CCN(C)C)c3ccc(Cl)cc3)c2)n1. The summed E-state index contributed by atoms with van der Waals surface area (Å²) in [6.45, 7) is 5.53. The summed E-state index contributed by atoms with van der Waals surface area (Å²) in [7, 11) is 4.06. The minimum atomic E-state index is -0.0863. The van der Waals surface area contributed by atoms with E-state index in [0.717, 1.165) is 35.5 Å². The number of nitrogens with one attached hydrogen (secondary N) is 1. The van der Waals surface area contributed by atoms with Gasteiger partial charge in [0.1, 0.15) is 0 Å². The van der Waals surface area contributed by atoms with E-state index >= 15 is 0 Å². The van der Waals surface area contributed by atoms with E-state index in [0.29, 0.717) is 17.1 Å². The van der Waals surface area contributed by atoms with Crippen LogP contribution < -0.4 is 5.32 Å². The molecule has 0 bridgehead atoms. The van der Waals surface area contributed by atoms with Crippen LogP contribution in [0.5, 0.6) is 0 Å². The molecule has 1 unspecified atom stereocenters. The molecule has 3 rings (SSSR count). The Kier molecular flexibility index (Phi) is 7.29. The average molecular weight is 425 g/mol. The van der Waals surface area contributed by atoms with E-state index in [2.05, 4.69) is 21.4 Å². The summed E-state index contributed by atoms with van der Waals surface area (Å²) in [5.74, 6) is -0.0797. The number of hydrogen-bond donors (Lipinski definition) is 1. The predicted octanol–water partition coefficient (Wildman–Crippen LogP) is 4.62. The number of benzene rings is 2. The lowest BCUT2D eigenvalue weighted by Crippen LogP contribution is -2.31. The van der Waals surface area contributed by atoms with Gasteiger partial charge in [-0.3, -0.25) is 9.48 Å². The Morgan fingerprint density at radius 3 is 2.50 bits per heavy atom. The van der Waals surface area contributed by atoms with Gasteiger partial charge < -0.3 is 10.2 Å². The van der Waals surface area contributed by atoms with Crippen molar-refractivity contribution >= 4 is 17.5 Å². The van der Waals surface area contributed by atoms with Crippen molar-refractivity contribution in [2.24, 2.45) is 0 Å². The van der Waals surface area contributed by atoms with Gasteiger partial charge in [-0.25, -0.2) is 0 Å². The van der Waals surface area contributed by atoms with E-state index in [1.165, 1.54) is 0 Å². The normalized spacial score (nSPS) is 12.2. The van der Waals surface area contributed by atoms with Crippen LogP contribution in [0.1, 0.15) is 45.3 Å². The fraction of sp³-hybridized carbons (Fsp3) is 0.333. The number of halogens is 1. The molecule has 3 aromatic rings. The number of carbonyl (C=O) groups excluding carboxylic acids is 1. The second-order valence-electron chi connectivity index (χ2n) is 7.95. The summed E-state index contributed by atoms with van der Waals surface area (Å²) < 4.78 is 1.96. The van der Waals surface area contributed by atoms with Gasteiger partial charge in [-0.1, -0.05) is 35.9 Å². The molecule has 6 heteroatoms. The molecule has 0 aliphatic rings. The highest BCUT2D eigenvalue weighted by Gasteiger charge is 2.17.